The van der Waals surface area contributed by atoms with E-state index in [9.17, 15) is 4.79 Å². The molecule has 2 heterocycles. The molecule has 3 aliphatic rings. The lowest BCUT2D eigenvalue weighted by Crippen LogP contribution is -2.57. The molecule has 2 aliphatic heterocycles. The van der Waals surface area contributed by atoms with Gasteiger partial charge in [0.2, 0.25) is 5.91 Å². The lowest BCUT2D eigenvalue weighted by molar-refractivity contribution is -0.135. The number of carbonyl (C=O) groups excluding carboxylic acids is 1. The third-order valence-corrected chi connectivity index (χ3v) is 6.66. The predicted octanol–water partition coefficient (Wildman–Crippen LogP) is 1.93. The van der Waals surface area contributed by atoms with Gasteiger partial charge in [-0.2, -0.15) is 0 Å². The molecule has 0 radical (unpaired) electrons. The molecule has 3 rings (SSSR count). The van der Waals surface area contributed by atoms with E-state index in [4.69, 9.17) is 4.74 Å². The Kier molecular flexibility index (Phi) is 9.05. The largest absolute Gasteiger partial charge is 0.378 e. The van der Waals surface area contributed by atoms with Crippen LogP contribution in [0.5, 0.6) is 0 Å². The van der Waals surface area contributed by atoms with E-state index in [2.05, 4.69) is 27.0 Å². The van der Waals surface area contributed by atoms with Gasteiger partial charge in [0, 0.05) is 59.5 Å². The average molecular weight is 408 g/mol. The van der Waals surface area contributed by atoms with Gasteiger partial charge in [-0.25, -0.2) is 0 Å². The molecular formula is C22H41N5O2. The molecule has 1 unspecified atom stereocenters. The summed E-state index contributed by atoms with van der Waals surface area (Å²) in [7, 11) is 1.85. The molecule has 29 heavy (non-hydrogen) atoms. The fraction of sp³-hybridized carbons (Fsp3) is 0.909. The molecule has 1 atom stereocenters. The van der Waals surface area contributed by atoms with Crippen LogP contribution in [0.1, 0.15) is 58.3 Å². The molecular weight excluding hydrogens is 366 g/mol. The highest BCUT2D eigenvalue weighted by molar-refractivity contribution is 5.82. The van der Waals surface area contributed by atoms with Crippen molar-refractivity contribution in [1.82, 2.24) is 20.0 Å². The van der Waals surface area contributed by atoms with Gasteiger partial charge in [-0.3, -0.25) is 14.7 Å². The third-order valence-electron chi connectivity index (χ3n) is 6.66. The van der Waals surface area contributed by atoms with Crippen LogP contribution in [0, 0.1) is 0 Å². The topological polar surface area (TPSA) is 60.4 Å². The maximum absolute atomic E-state index is 12.7. The zero-order valence-corrected chi connectivity index (χ0v) is 18.6. The van der Waals surface area contributed by atoms with Gasteiger partial charge in [0.15, 0.2) is 5.96 Å². The molecule has 3 fully saturated rings. The number of amides is 1. The van der Waals surface area contributed by atoms with Gasteiger partial charge in [0.1, 0.15) is 0 Å². The monoisotopic (exact) mass is 407 g/mol. The number of guanidine groups is 1. The van der Waals surface area contributed by atoms with Gasteiger partial charge in [-0.15, -0.1) is 0 Å². The van der Waals surface area contributed by atoms with Crippen LogP contribution in [0.25, 0.3) is 0 Å². The van der Waals surface area contributed by atoms with E-state index in [0.717, 1.165) is 77.6 Å². The molecule has 166 valence electrons. The Morgan fingerprint density at radius 2 is 1.69 bits per heavy atom. The second-order valence-electron chi connectivity index (χ2n) is 8.69. The smallest absolute Gasteiger partial charge is 0.239 e. The molecule has 0 spiro atoms. The second kappa shape index (κ2) is 11.7. The molecule has 1 N–H and O–H groups in total. The van der Waals surface area contributed by atoms with Crippen LogP contribution in [-0.2, 0) is 9.53 Å². The molecule has 0 aromatic heterocycles. The molecule has 7 nitrogen and oxygen atoms in total. The summed E-state index contributed by atoms with van der Waals surface area (Å²) in [6, 6.07) is -0.0119. The van der Waals surface area contributed by atoms with Crippen LogP contribution in [0.15, 0.2) is 4.99 Å². The van der Waals surface area contributed by atoms with Crippen molar-refractivity contribution < 1.29 is 9.53 Å². The van der Waals surface area contributed by atoms with E-state index in [-0.39, 0.29) is 6.04 Å². The number of hydrogen-bond donors (Lipinski definition) is 1. The maximum Gasteiger partial charge on any atom is 0.239 e. The maximum atomic E-state index is 12.7. The highest BCUT2D eigenvalue weighted by Crippen LogP contribution is 2.20. The van der Waals surface area contributed by atoms with Crippen molar-refractivity contribution in [1.29, 1.82) is 0 Å². The highest BCUT2D eigenvalue weighted by atomic mass is 16.5. The molecule has 1 aliphatic carbocycles. The van der Waals surface area contributed by atoms with Gasteiger partial charge in [-0.1, -0.05) is 19.3 Å². The number of rotatable bonds is 7. The molecule has 1 amide bonds. The molecule has 0 aromatic rings. The third kappa shape index (κ3) is 6.57. The van der Waals surface area contributed by atoms with E-state index in [1.54, 1.807) is 0 Å². The minimum absolute atomic E-state index is 0.0119. The molecule has 7 heteroatoms. The van der Waals surface area contributed by atoms with E-state index in [1.165, 1.54) is 32.1 Å². The van der Waals surface area contributed by atoms with Crippen molar-refractivity contribution >= 4 is 11.9 Å². The van der Waals surface area contributed by atoms with Crippen LogP contribution in [0.4, 0.5) is 0 Å². The zero-order chi connectivity index (χ0) is 20.5. The number of hydrogen-bond acceptors (Lipinski definition) is 4. The van der Waals surface area contributed by atoms with Gasteiger partial charge < -0.3 is 19.9 Å². The first-order valence-electron chi connectivity index (χ1n) is 11.8. The van der Waals surface area contributed by atoms with Crippen LogP contribution >= 0.6 is 0 Å². The minimum atomic E-state index is -0.0119. The molecule has 1 saturated carbocycles. The quantitative estimate of drug-likeness (QED) is 0.397. The summed E-state index contributed by atoms with van der Waals surface area (Å²) in [5.41, 5.74) is 0. The summed E-state index contributed by atoms with van der Waals surface area (Å²) in [6.45, 7) is 9.30. The summed E-state index contributed by atoms with van der Waals surface area (Å²) in [5, 5.41) is 3.49. The first-order valence-corrected chi connectivity index (χ1v) is 11.8. The Morgan fingerprint density at radius 3 is 2.34 bits per heavy atom. The van der Waals surface area contributed by atoms with Gasteiger partial charge in [-0.05, 0) is 39.0 Å². The standard InChI is InChI=1S/C22H41N5O2/c1-19(21(28)26-12-6-7-13-26)25-14-16-27(17-15-25)22(23-2)24-11-8-18-29-20-9-4-3-5-10-20/h19-20H,3-18H2,1-2H3,(H,23,24). The van der Waals surface area contributed by atoms with Crippen LogP contribution in [0.3, 0.4) is 0 Å². The lowest BCUT2D eigenvalue weighted by atomic mass is 9.98. The Labute approximate surface area is 176 Å². The Bertz CT molecular complexity index is 521. The van der Waals surface area contributed by atoms with Crippen molar-refractivity contribution in [3.63, 3.8) is 0 Å². The second-order valence-corrected chi connectivity index (χ2v) is 8.69. The van der Waals surface area contributed by atoms with Gasteiger partial charge in [0.05, 0.1) is 12.1 Å². The molecule has 0 aromatic carbocycles. The van der Waals surface area contributed by atoms with E-state index >= 15 is 0 Å². The number of aliphatic imine (C=N–C) groups is 1. The van der Waals surface area contributed by atoms with Crippen LogP contribution < -0.4 is 5.32 Å². The lowest BCUT2D eigenvalue weighted by Gasteiger charge is -2.39. The summed E-state index contributed by atoms with van der Waals surface area (Å²) in [6.07, 6.45) is 10.3. The number of nitrogens with one attached hydrogen (secondary N) is 1. The summed E-state index contributed by atoms with van der Waals surface area (Å²) >= 11 is 0. The fourth-order valence-electron chi connectivity index (χ4n) is 4.77. The fourth-order valence-corrected chi connectivity index (χ4v) is 4.77. The van der Waals surface area contributed by atoms with Crippen molar-refractivity contribution in [2.75, 3.05) is 59.5 Å². The predicted molar refractivity (Wildman–Crippen MR) is 117 cm³/mol. The zero-order valence-electron chi connectivity index (χ0n) is 18.6. The van der Waals surface area contributed by atoms with Crippen molar-refractivity contribution in [2.24, 2.45) is 4.99 Å². The number of ether oxygens (including phenoxy) is 1. The van der Waals surface area contributed by atoms with Crippen LogP contribution in [0.2, 0.25) is 0 Å². The Morgan fingerprint density at radius 1 is 1.00 bits per heavy atom. The summed E-state index contributed by atoms with van der Waals surface area (Å²) < 4.78 is 6.01. The Hall–Kier alpha value is -1.34. The van der Waals surface area contributed by atoms with Crippen molar-refractivity contribution in [3.8, 4) is 0 Å². The minimum Gasteiger partial charge on any atom is -0.378 e. The SMILES string of the molecule is CN=C(NCCCOC1CCCCC1)N1CCN(C(C)C(=O)N2CCCC2)CC1. The average Bonchev–Trinajstić information content (AvgIpc) is 3.31. The van der Waals surface area contributed by atoms with Crippen molar-refractivity contribution in [3.05, 3.63) is 0 Å². The summed E-state index contributed by atoms with van der Waals surface area (Å²) in [4.78, 5) is 23.8. The van der Waals surface area contributed by atoms with Gasteiger partial charge in [0.25, 0.3) is 0 Å². The van der Waals surface area contributed by atoms with Gasteiger partial charge >= 0.3 is 0 Å². The molecule has 2 saturated heterocycles. The highest BCUT2D eigenvalue weighted by Gasteiger charge is 2.30. The first-order chi connectivity index (χ1) is 14.2. The number of likely N-dealkylation sites (tertiary alicyclic amines) is 1. The normalized spacial score (nSPS) is 23.4. The number of piperazine rings is 1. The number of nitrogens with zero attached hydrogens (tertiary/aromatic N) is 4. The summed E-state index contributed by atoms with van der Waals surface area (Å²) in [5.74, 6) is 1.28. The van der Waals surface area contributed by atoms with Crippen LogP contribution in [-0.4, -0.2) is 98.2 Å². The van der Waals surface area contributed by atoms with E-state index < -0.39 is 0 Å². The first kappa shape index (κ1) is 22.3. The van der Waals surface area contributed by atoms with Crippen molar-refractivity contribution in [2.45, 2.75) is 70.4 Å². The molecule has 0 bridgehead atoms. The number of carbonyl (C=O) groups is 1. The van der Waals surface area contributed by atoms with E-state index in [1.807, 2.05) is 11.9 Å². The Balaban J connectivity index is 1.32. The van der Waals surface area contributed by atoms with E-state index in [0.29, 0.717) is 12.0 Å².